The summed E-state index contributed by atoms with van der Waals surface area (Å²) in [5, 5.41) is 0.748. The van der Waals surface area contributed by atoms with Gasteiger partial charge in [0.05, 0.1) is 21.8 Å². The third-order valence-electron chi connectivity index (χ3n) is 2.27. The molecule has 0 amide bonds. The van der Waals surface area contributed by atoms with Crippen molar-refractivity contribution in [1.82, 2.24) is 4.98 Å². The van der Waals surface area contributed by atoms with Gasteiger partial charge in [0, 0.05) is 5.92 Å². The van der Waals surface area contributed by atoms with E-state index in [4.69, 9.17) is 23.2 Å². The minimum atomic E-state index is -0.0326. The molecule has 1 nitrogen and oxygen atoms in total. The van der Waals surface area contributed by atoms with Crippen molar-refractivity contribution < 1.29 is 0 Å². The zero-order chi connectivity index (χ0) is 9.42. The summed E-state index contributed by atoms with van der Waals surface area (Å²) in [6.45, 7) is 1.93. The summed E-state index contributed by atoms with van der Waals surface area (Å²) in [6, 6.07) is 3.79. The van der Waals surface area contributed by atoms with Gasteiger partial charge in [-0.15, -0.1) is 11.6 Å². The highest BCUT2D eigenvalue weighted by Gasteiger charge is 2.27. The van der Waals surface area contributed by atoms with Crippen LogP contribution < -0.4 is 0 Å². The van der Waals surface area contributed by atoms with E-state index in [0.717, 1.165) is 16.4 Å². The van der Waals surface area contributed by atoms with Crippen molar-refractivity contribution in [3.05, 3.63) is 28.5 Å². The molecular weight excluding hydrogens is 205 g/mol. The third kappa shape index (κ3) is 1.97. The summed E-state index contributed by atoms with van der Waals surface area (Å²) in [7, 11) is 0. The molecule has 1 fully saturated rings. The van der Waals surface area contributed by atoms with Crippen molar-refractivity contribution in [2.24, 2.45) is 0 Å². The van der Waals surface area contributed by atoms with Crippen molar-refractivity contribution in [1.29, 1.82) is 0 Å². The Balaban J connectivity index is 2.36. The van der Waals surface area contributed by atoms with Gasteiger partial charge in [-0.3, -0.25) is 4.98 Å². The average Bonchev–Trinajstić information content (AvgIpc) is 2.87. The lowest BCUT2D eigenvalue weighted by Gasteiger charge is -2.06. The number of halogens is 2. The van der Waals surface area contributed by atoms with Crippen LogP contribution in [0.5, 0.6) is 0 Å². The van der Waals surface area contributed by atoms with Crippen molar-refractivity contribution in [3.8, 4) is 0 Å². The van der Waals surface area contributed by atoms with Gasteiger partial charge in [0.25, 0.3) is 0 Å². The summed E-state index contributed by atoms with van der Waals surface area (Å²) < 4.78 is 0. The largest absolute Gasteiger partial charge is 0.254 e. The number of pyridine rings is 1. The van der Waals surface area contributed by atoms with E-state index in [-0.39, 0.29) is 5.38 Å². The Kier molecular flexibility index (Phi) is 2.48. The molecule has 1 aromatic rings. The molecule has 1 heterocycles. The third-order valence-corrected chi connectivity index (χ3v) is 2.81. The SMILES string of the molecule is CC(Cl)c1ccc(Cl)c(C2CC2)n1. The molecule has 1 atom stereocenters. The number of hydrogen-bond donors (Lipinski definition) is 0. The predicted molar refractivity (Wildman–Crippen MR) is 55.5 cm³/mol. The Hall–Kier alpha value is -0.270. The van der Waals surface area contributed by atoms with Gasteiger partial charge in [0.15, 0.2) is 0 Å². The number of hydrogen-bond acceptors (Lipinski definition) is 1. The fourth-order valence-corrected chi connectivity index (χ4v) is 1.72. The predicted octanol–water partition coefficient (Wildman–Crippen LogP) is 3.91. The molecule has 13 heavy (non-hydrogen) atoms. The van der Waals surface area contributed by atoms with Crippen LogP contribution >= 0.6 is 23.2 Å². The summed E-state index contributed by atoms with van der Waals surface area (Å²) in [6.07, 6.45) is 2.43. The second-order valence-corrected chi connectivity index (χ2v) is 4.56. The summed E-state index contributed by atoms with van der Waals surface area (Å²) in [4.78, 5) is 4.47. The highest BCUT2D eigenvalue weighted by molar-refractivity contribution is 6.31. The molecule has 0 saturated heterocycles. The average molecular weight is 216 g/mol. The van der Waals surface area contributed by atoms with E-state index < -0.39 is 0 Å². The Labute approximate surface area is 88.1 Å². The van der Waals surface area contributed by atoms with E-state index in [1.54, 1.807) is 0 Å². The maximum absolute atomic E-state index is 6.03. The van der Waals surface area contributed by atoms with Crippen LogP contribution in [0.2, 0.25) is 5.02 Å². The first-order chi connectivity index (χ1) is 6.18. The molecule has 0 aromatic carbocycles. The number of aromatic nitrogens is 1. The number of alkyl halides is 1. The van der Waals surface area contributed by atoms with Gasteiger partial charge in [0.1, 0.15) is 0 Å². The van der Waals surface area contributed by atoms with Crippen molar-refractivity contribution >= 4 is 23.2 Å². The Morgan fingerprint density at radius 3 is 2.69 bits per heavy atom. The first kappa shape index (κ1) is 9.29. The molecule has 3 heteroatoms. The smallest absolute Gasteiger partial charge is 0.0729 e. The summed E-state index contributed by atoms with van der Waals surface area (Å²) in [5.74, 6) is 0.586. The van der Waals surface area contributed by atoms with Crippen LogP contribution in [0.1, 0.15) is 42.4 Å². The van der Waals surface area contributed by atoms with Gasteiger partial charge in [-0.25, -0.2) is 0 Å². The van der Waals surface area contributed by atoms with E-state index in [2.05, 4.69) is 4.98 Å². The molecule has 1 saturated carbocycles. The quantitative estimate of drug-likeness (QED) is 0.683. The van der Waals surface area contributed by atoms with E-state index >= 15 is 0 Å². The number of rotatable bonds is 2. The minimum absolute atomic E-state index is 0.0326. The molecule has 1 unspecified atom stereocenters. The van der Waals surface area contributed by atoms with Gasteiger partial charge in [-0.1, -0.05) is 11.6 Å². The van der Waals surface area contributed by atoms with E-state index in [9.17, 15) is 0 Å². The molecule has 0 spiro atoms. The van der Waals surface area contributed by atoms with Crippen LogP contribution in [0.3, 0.4) is 0 Å². The van der Waals surface area contributed by atoms with Gasteiger partial charge >= 0.3 is 0 Å². The summed E-state index contributed by atoms with van der Waals surface area (Å²) in [5.41, 5.74) is 1.96. The molecule has 0 N–H and O–H groups in total. The Morgan fingerprint density at radius 1 is 1.46 bits per heavy atom. The first-order valence-corrected chi connectivity index (χ1v) is 5.30. The van der Waals surface area contributed by atoms with Crippen molar-refractivity contribution in [3.63, 3.8) is 0 Å². The lowest BCUT2D eigenvalue weighted by molar-refractivity contribution is 0.928. The second-order valence-electron chi connectivity index (χ2n) is 3.49. The molecular formula is C10H11Cl2N. The van der Waals surface area contributed by atoms with E-state index in [1.807, 2.05) is 19.1 Å². The minimum Gasteiger partial charge on any atom is -0.254 e. The van der Waals surface area contributed by atoms with E-state index in [1.165, 1.54) is 12.8 Å². The van der Waals surface area contributed by atoms with Gasteiger partial charge < -0.3 is 0 Å². The fourth-order valence-electron chi connectivity index (χ4n) is 1.34. The van der Waals surface area contributed by atoms with Crippen LogP contribution in [0.4, 0.5) is 0 Å². The lowest BCUT2D eigenvalue weighted by Crippen LogP contribution is -1.95. The fraction of sp³-hybridized carbons (Fsp3) is 0.500. The van der Waals surface area contributed by atoms with Crippen LogP contribution in [0.15, 0.2) is 12.1 Å². The highest BCUT2D eigenvalue weighted by atomic mass is 35.5. The molecule has 1 aromatic heterocycles. The Morgan fingerprint density at radius 2 is 2.15 bits per heavy atom. The van der Waals surface area contributed by atoms with Crippen molar-refractivity contribution in [2.45, 2.75) is 31.1 Å². The van der Waals surface area contributed by atoms with E-state index in [0.29, 0.717) is 5.92 Å². The van der Waals surface area contributed by atoms with Crippen molar-refractivity contribution in [2.75, 3.05) is 0 Å². The standard InChI is InChI=1S/C10H11Cl2N/c1-6(11)9-5-4-8(12)10(13-9)7-2-3-7/h4-7H,2-3H2,1H3. The van der Waals surface area contributed by atoms with Crippen LogP contribution in [-0.2, 0) is 0 Å². The highest BCUT2D eigenvalue weighted by Crippen LogP contribution is 2.42. The molecule has 1 aliphatic rings. The van der Waals surface area contributed by atoms with Gasteiger partial charge in [-0.2, -0.15) is 0 Å². The monoisotopic (exact) mass is 215 g/mol. The van der Waals surface area contributed by atoms with Gasteiger partial charge in [-0.05, 0) is 31.9 Å². The molecule has 70 valence electrons. The molecule has 0 bridgehead atoms. The maximum atomic E-state index is 6.03. The molecule has 0 aliphatic heterocycles. The molecule has 0 radical (unpaired) electrons. The normalized spacial score (nSPS) is 18.7. The zero-order valence-electron chi connectivity index (χ0n) is 7.43. The molecule has 2 rings (SSSR count). The number of nitrogens with zero attached hydrogens (tertiary/aromatic N) is 1. The van der Waals surface area contributed by atoms with Crippen LogP contribution in [0.25, 0.3) is 0 Å². The maximum Gasteiger partial charge on any atom is 0.0729 e. The van der Waals surface area contributed by atoms with Crippen LogP contribution in [-0.4, -0.2) is 4.98 Å². The zero-order valence-corrected chi connectivity index (χ0v) is 8.94. The topological polar surface area (TPSA) is 12.9 Å². The lowest BCUT2D eigenvalue weighted by atomic mass is 10.2. The summed E-state index contributed by atoms with van der Waals surface area (Å²) >= 11 is 12.0. The second kappa shape index (κ2) is 3.47. The van der Waals surface area contributed by atoms with Gasteiger partial charge in [0.2, 0.25) is 0 Å². The Bertz CT molecular complexity index is 319. The first-order valence-electron chi connectivity index (χ1n) is 4.49. The van der Waals surface area contributed by atoms with Crippen LogP contribution in [0, 0.1) is 0 Å². The molecule has 1 aliphatic carbocycles.